The summed E-state index contributed by atoms with van der Waals surface area (Å²) in [7, 11) is 0. The molecule has 1 aromatic carbocycles. The molecule has 2 aromatic rings. The highest BCUT2D eigenvalue weighted by Gasteiger charge is 2.09. The van der Waals surface area contributed by atoms with E-state index in [4.69, 9.17) is 5.11 Å². The molecule has 0 atom stereocenters. The summed E-state index contributed by atoms with van der Waals surface area (Å²) < 4.78 is 0. The van der Waals surface area contributed by atoms with Gasteiger partial charge in [0, 0.05) is 18.3 Å². The van der Waals surface area contributed by atoms with Gasteiger partial charge in [0.15, 0.2) is 0 Å². The SMILES string of the molecule is O=C(NCc1ccc(C#CCO)cc1)c1ccncc1O. The molecule has 0 fully saturated rings. The van der Waals surface area contributed by atoms with E-state index in [0.717, 1.165) is 11.1 Å². The van der Waals surface area contributed by atoms with Crippen LogP contribution in [0.5, 0.6) is 5.75 Å². The van der Waals surface area contributed by atoms with E-state index in [9.17, 15) is 9.90 Å². The first kappa shape index (κ1) is 14.6. The zero-order valence-corrected chi connectivity index (χ0v) is 11.2. The molecule has 0 saturated heterocycles. The van der Waals surface area contributed by atoms with E-state index in [-0.39, 0.29) is 23.8 Å². The number of carbonyl (C=O) groups excluding carboxylic acids is 1. The van der Waals surface area contributed by atoms with Crippen LogP contribution < -0.4 is 5.32 Å². The lowest BCUT2D eigenvalue weighted by Gasteiger charge is -2.06. The molecule has 0 unspecified atom stereocenters. The smallest absolute Gasteiger partial charge is 0.255 e. The number of rotatable bonds is 3. The van der Waals surface area contributed by atoms with Crippen molar-refractivity contribution in [3.63, 3.8) is 0 Å². The van der Waals surface area contributed by atoms with Crippen molar-refractivity contribution in [3.8, 4) is 17.6 Å². The highest BCUT2D eigenvalue weighted by Crippen LogP contribution is 2.13. The second kappa shape index (κ2) is 7.08. The fraction of sp³-hybridized carbons (Fsp3) is 0.125. The van der Waals surface area contributed by atoms with Gasteiger partial charge in [-0.1, -0.05) is 24.0 Å². The van der Waals surface area contributed by atoms with Gasteiger partial charge in [-0.3, -0.25) is 9.78 Å². The number of pyridine rings is 1. The van der Waals surface area contributed by atoms with Crippen LogP contribution in [0.1, 0.15) is 21.5 Å². The normalized spacial score (nSPS) is 9.57. The molecule has 5 nitrogen and oxygen atoms in total. The largest absolute Gasteiger partial charge is 0.505 e. The standard InChI is InChI=1S/C16H14N2O3/c19-9-1-2-12-3-5-13(6-4-12)10-18-16(21)14-7-8-17-11-15(14)20/h3-8,11,19-20H,9-10H2,(H,18,21). The summed E-state index contributed by atoms with van der Waals surface area (Å²) in [4.78, 5) is 15.6. The van der Waals surface area contributed by atoms with Gasteiger partial charge in [-0.05, 0) is 23.8 Å². The number of aliphatic hydroxyl groups is 1. The molecule has 5 heteroatoms. The third-order valence-electron chi connectivity index (χ3n) is 2.76. The lowest BCUT2D eigenvalue weighted by atomic mass is 10.1. The van der Waals surface area contributed by atoms with Gasteiger partial charge in [-0.15, -0.1) is 0 Å². The number of hydrogen-bond donors (Lipinski definition) is 3. The van der Waals surface area contributed by atoms with Crippen LogP contribution in [0, 0.1) is 11.8 Å². The summed E-state index contributed by atoms with van der Waals surface area (Å²) in [5.74, 6) is 4.85. The van der Waals surface area contributed by atoms with Gasteiger partial charge in [0.05, 0.1) is 11.8 Å². The average molecular weight is 282 g/mol. The number of carbonyl (C=O) groups is 1. The highest BCUT2D eigenvalue weighted by molar-refractivity contribution is 5.96. The number of amides is 1. The number of benzene rings is 1. The molecule has 21 heavy (non-hydrogen) atoms. The molecule has 106 valence electrons. The monoisotopic (exact) mass is 282 g/mol. The number of nitrogens with zero attached hydrogens (tertiary/aromatic N) is 1. The van der Waals surface area contributed by atoms with E-state index in [2.05, 4.69) is 22.1 Å². The molecule has 1 amide bonds. The van der Waals surface area contributed by atoms with Crippen LogP contribution in [0.2, 0.25) is 0 Å². The first-order chi connectivity index (χ1) is 10.2. The maximum absolute atomic E-state index is 11.9. The van der Waals surface area contributed by atoms with Crippen LogP contribution in [-0.4, -0.2) is 27.7 Å². The molecule has 3 N–H and O–H groups in total. The van der Waals surface area contributed by atoms with Gasteiger partial charge in [-0.25, -0.2) is 0 Å². The van der Waals surface area contributed by atoms with Crippen molar-refractivity contribution >= 4 is 5.91 Å². The number of aromatic nitrogens is 1. The second-order valence-corrected chi connectivity index (χ2v) is 4.23. The predicted octanol–water partition coefficient (Wildman–Crippen LogP) is 1.06. The summed E-state index contributed by atoms with van der Waals surface area (Å²) in [6.45, 7) is 0.168. The van der Waals surface area contributed by atoms with Crippen LogP contribution in [0.25, 0.3) is 0 Å². The third-order valence-corrected chi connectivity index (χ3v) is 2.76. The average Bonchev–Trinajstić information content (AvgIpc) is 2.52. The first-order valence-corrected chi connectivity index (χ1v) is 6.30. The van der Waals surface area contributed by atoms with Gasteiger partial charge in [0.1, 0.15) is 12.4 Å². The molecule has 0 aliphatic carbocycles. The van der Waals surface area contributed by atoms with Crippen molar-refractivity contribution in [2.45, 2.75) is 6.54 Å². The zero-order chi connectivity index (χ0) is 15.1. The van der Waals surface area contributed by atoms with Crippen LogP contribution in [0.4, 0.5) is 0 Å². The minimum absolute atomic E-state index is 0.148. The minimum Gasteiger partial charge on any atom is -0.505 e. The van der Waals surface area contributed by atoms with E-state index < -0.39 is 0 Å². The Kier molecular flexibility index (Phi) is 4.91. The fourth-order valence-electron chi connectivity index (χ4n) is 1.70. The maximum atomic E-state index is 11.9. The third kappa shape index (κ3) is 4.06. The number of aromatic hydroxyl groups is 1. The quantitative estimate of drug-likeness (QED) is 0.735. The molecule has 2 rings (SSSR count). The molecular weight excluding hydrogens is 268 g/mol. The summed E-state index contributed by atoms with van der Waals surface area (Å²) >= 11 is 0. The first-order valence-electron chi connectivity index (χ1n) is 6.30. The van der Waals surface area contributed by atoms with Crippen molar-refractivity contribution in [3.05, 3.63) is 59.4 Å². The Morgan fingerprint density at radius 1 is 1.24 bits per heavy atom. The fourth-order valence-corrected chi connectivity index (χ4v) is 1.70. The van der Waals surface area contributed by atoms with Gasteiger partial charge in [0.25, 0.3) is 5.91 Å². The topological polar surface area (TPSA) is 82.5 Å². The van der Waals surface area contributed by atoms with E-state index in [1.165, 1.54) is 18.5 Å². The Balaban J connectivity index is 1.97. The molecule has 0 aliphatic heterocycles. The molecular formula is C16H14N2O3. The van der Waals surface area contributed by atoms with Gasteiger partial charge < -0.3 is 15.5 Å². The van der Waals surface area contributed by atoms with Crippen molar-refractivity contribution in [1.82, 2.24) is 10.3 Å². The lowest BCUT2D eigenvalue weighted by molar-refractivity contribution is 0.0948. The van der Waals surface area contributed by atoms with Crippen molar-refractivity contribution in [1.29, 1.82) is 0 Å². The van der Waals surface area contributed by atoms with Gasteiger partial charge >= 0.3 is 0 Å². The predicted molar refractivity (Wildman–Crippen MR) is 77.5 cm³/mol. The Morgan fingerprint density at radius 2 is 2.00 bits per heavy atom. The molecule has 0 bridgehead atoms. The van der Waals surface area contributed by atoms with E-state index in [1.807, 2.05) is 24.3 Å². The van der Waals surface area contributed by atoms with E-state index in [0.29, 0.717) is 6.54 Å². The number of aliphatic hydroxyl groups excluding tert-OH is 1. The molecule has 0 radical (unpaired) electrons. The highest BCUT2D eigenvalue weighted by atomic mass is 16.3. The molecule has 1 aromatic heterocycles. The molecule has 0 aliphatic rings. The molecule has 0 spiro atoms. The summed E-state index contributed by atoms with van der Waals surface area (Å²) in [6.07, 6.45) is 2.67. The van der Waals surface area contributed by atoms with Crippen LogP contribution in [-0.2, 0) is 6.54 Å². The molecule has 0 saturated carbocycles. The summed E-state index contributed by atoms with van der Waals surface area (Å²) in [5, 5.41) is 20.9. The Hall–Kier alpha value is -2.84. The molecule has 1 heterocycles. The van der Waals surface area contributed by atoms with Crippen molar-refractivity contribution in [2.75, 3.05) is 6.61 Å². The summed E-state index contributed by atoms with van der Waals surface area (Å²) in [6, 6.07) is 8.77. The van der Waals surface area contributed by atoms with E-state index >= 15 is 0 Å². The van der Waals surface area contributed by atoms with Crippen LogP contribution in [0.3, 0.4) is 0 Å². The lowest BCUT2D eigenvalue weighted by Crippen LogP contribution is -2.22. The second-order valence-electron chi connectivity index (χ2n) is 4.23. The van der Waals surface area contributed by atoms with Crippen LogP contribution >= 0.6 is 0 Å². The summed E-state index contributed by atoms with van der Waals surface area (Å²) in [5.41, 5.74) is 1.90. The van der Waals surface area contributed by atoms with Gasteiger partial charge in [0.2, 0.25) is 0 Å². The Bertz CT molecular complexity index is 685. The van der Waals surface area contributed by atoms with E-state index in [1.54, 1.807) is 0 Å². The van der Waals surface area contributed by atoms with Gasteiger partial charge in [-0.2, -0.15) is 0 Å². The zero-order valence-electron chi connectivity index (χ0n) is 11.2. The minimum atomic E-state index is -0.362. The number of hydrogen-bond acceptors (Lipinski definition) is 4. The Labute approximate surface area is 122 Å². The number of nitrogens with one attached hydrogen (secondary N) is 1. The van der Waals surface area contributed by atoms with Crippen molar-refractivity contribution in [2.24, 2.45) is 0 Å². The maximum Gasteiger partial charge on any atom is 0.255 e. The van der Waals surface area contributed by atoms with Crippen molar-refractivity contribution < 1.29 is 15.0 Å². The van der Waals surface area contributed by atoms with Crippen LogP contribution in [0.15, 0.2) is 42.7 Å². The Morgan fingerprint density at radius 3 is 2.67 bits per heavy atom.